The van der Waals surface area contributed by atoms with Crippen molar-refractivity contribution in [3.05, 3.63) is 29.8 Å². The molecule has 1 fully saturated rings. The third kappa shape index (κ3) is 5.64. The maximum absolute atomic E-state index is 12.2. The van der Waals surface area contributed by atoms with Gasteiger partial charge in [-0.2, -0.15) is 0 Å². The third-order valence-corrected chi connectivity index (χ3v) is 4.33. The van der Waals surface area contributed by atoms with Crippen LogP contribution in [0.1, 0.15) is 63.2 Å². The van der Waals surface area contributed by atoms with Crippen LogP contribution in [0.4, 0.5) is 5.69 Å². The highest BCUT2D eigenvalue weighted by Crippen LogP contribution is 2.26. The van der Waals surface area contributed by atoms with Crippen molar-refractivity contribution >= 4 is 17.5 Å². The van der Waals surface area contributed by atoms with Gasteiger partial charge in [0, 0.05) is 29.3 Å². The molecule has 24 heavy (non-hydrogen) atoms. The highest BCUT2D eigenvalue weighted by atomic mass is 16.2. The lowest BCUT2D eigenvalue weighted by Crippen LogP contribution is -2.40. The average molecular weight is 331 g/mol. The Morgan fingerprint density at radius 3 is 2.33 bits per heavy atom. The Balaban J connectivity index is 1.89. The van der Waals surface area contributed by atoms with Crippen molar-refractivity contribution in [3.63, 3.8) is 0 Å². The van der Waals surface area contributed by atoms with Gasteiger partial charge in [0.2, 0.25) is 5.91 Å². The normalized spacial score (nSPS) is 21.2. The monoisotopic (exact) mass is 331 g/mol. The molecule has 1 saturated carbocycles. The van der Waals surface area contributed by atoms with E-state index in [2.05, 4.69) is 10.6 Å². The molecule has 5 nitrogen and oxygen atoms in total. The van der Waals surface area contributed by atoms with Gasteiger partial charge in [-0.3, -0.25) is 9.59 Å². The maximum Gasteiger partial charge on any atom is 0.251 e. The predicted molar refractivity (Wildman–Crippen MR) is 96.8 cm³/mol. The minimum atomic E-state index is -0.275. The second-order valence-corrected chi connectivity index (χ2v) is 7.74. The Bertz CT molecular complexity index is 575. The first-order valence-electron chi connectivity index (χ1n) is 8.72. The molecule has 2 atom stereocenters. The summed E-state index contributed by atoms with van der Waals surface area (Å²) in [5.74, 6) is 0.147. The van der Waals surface area contributed by atoms with Crippen LogP contribution in [0, 0.1) is 5.92 Å². The van der Waals surface area contributed by atoms with Gasteiger partial charge in [0.05, 0.1) is 0 Å². The Morgan fingerprint density at radius 2 is 1.75 bits per heavy atom. The van der Waals surface area contributed by atoms with Crippen LogP contribution in [0.25, 0.3) is 0 Å². The number of rotatable bonds is 4. The van der Waals surface area contributed by atoms with Crippen molar-refractivity contribution in [3.8, 4) is 0 Å². The molecule has 2 unspecified atom stereocenters. The Kier molecular flexibility index (Phi) is 5.99. The molecule has 132 valence electrons. The van der Waals surface area contributed by atoms with E-state index in [1.807, 2.05) is 20.8 Å². The zero-order valence-corrected chi connectivity index (χ0v) is 14.9. The van der Waals surface area contributed by atoms with Gasteiger partial charge in [-0.1, -0.05) is 12.8 Å². The molecular weight excluding hydrogens is 302 g/mol. The van der Waals surface area contributed by atoms with Gasteiger partial charge in [0.15, 0.2) is 0 Å². The van der Waals surface area contributed by atoms with Crippen LogP contribution in [0.5, 0.6) is 0 Å². The first kappa shape index (κ1) is 18.5. The second-order valence-electron chi connectivity index (χ2n) is 7.74. The van der Waals surface area contributed by atoms with Crippen LogP contribution in [0.3, 0.4) is 0 Å². The molecule has 0 heterocycles. The van der Waals surface area contributed by atoms with Crippen molar-refractivity contribution in [1.82, 2.24) is 5.32 Å². The summed E-state index contributed by atoms with van der Waals surface area (Å²) < 4.78 is 0. The summed E-state index contributed by atoms with van der Waals surface area (Å²) >= 11 is 0. The maximum atomic E-state index is 12.2. The molecule has 0 bridgehead atoms. The molecule has 5 heteroatoms. The predicted octanol–water partition coefficient (Wildman–Crippen LogP) is 3.06. The van der Waals surface area contributed by atoms with E-state index >= 15 is 0 Å². The molecule has 0 saturated heterocycles. The first-order valence-corrected chi connectivity index (χ1v) is 8.72. The fraction of sp³-hybridized carbons (Fsp3) is 0.579. The highest BCUT2D eigenvalue weighted by Gasteiger charge is 2.24. The minimum absolute atomic E-state index is 0.00996. The zero-order chi connectivity index (χ0) is 17.7. The number of nitrogens with two attached hydrogens (primary N) is 1. The lowest BCUT2D eigenvalue weighted by Gasteiger charge is -2.27. The Labute approximate surface area is 144 Å². The fourth-order valence-corrected chi connectivity index (χ4v) is 3.06. The number of carbonyl (C=O) groups is 2. The fourth-order valence-electron chi connectivity index (χ4n) is 3.06. The van der Waals surface area contributed by atoms with E-state index in [1.54, 1.807) is 24.3 Å². The quantitative estimate of drug-likeness (QED) is 0.793. The van der Waals surface area contributed by atoms with Crippen molar-refractivity contribution in [2.24, 2.45) is 11.7 Å². The molecule has 2 amide bonds. The second kappa shape index (κ2) is 7.79. The molecule has 1 aliphatic carbocycles. The molecule has 2 rings (SSSR count). The number of hydrogen-bond acceptors (Lipinski definition) is 3. The van der Waals surface area contributed by atoms with Gasteiger partial charge in [0.25, 0.3) is 5.91 Å². The van der Waals surface area contributed by atoms with Gasteiger partial charge in [-0.15, -0.1) is 0 Å². The largest absolute Gasteiger partial charge is 0.347 e. The molecule has 0 aromatic heterocycles. The Hall–Kier alpha value is -1.88. The van der Waals surface area contributed by atoms with Crippen molar-refractivity contribution < 1.29 is 9.59 Å². The Morgan fingerprint density at radius 1 is 1.12 bits per heavy atom. The summed E-state index contributed by atoms with van der Waals surface area (Å²) in [7, 11) is 0. The smallest absolute Gasteiger partial charge is 0.251 e. The minimum Gasteiger partial charge on any atom is -0.347 e. The molecule has 4 N–H and O–H groups in total. The van der Waals surface area contributed by atoms with Crippen LogP contribution in [0.15, 0.2) is 24.3 Å². The standard InChI is InChI=1S/C19H29N3O2/c1-19(2,3)22-18(24)13-8-10-15(11-9-13)21-17(23)12-14-6-4-5-7-16(14)20/h8-11,14,16H,4-7,12,20H2,1-3H3,(H,21,23)(H,22,24). The highest BCUT2D eigenvalue weighted by molar-refractivity contribution is 5.96. The summed E-state index contributed by atoms with van der Waals surface area (Å²) in [5, 5.41) is 5.81. The SMILES string of the molecule is CC(C)(C)NC(=O)c1ccc(NC(=O)CC2CCCCC2N)cc1. The lowest BCUT2D eigenvalue weighted by molar-refractivity contribution is -0.117. The van der Waals surface area contributed by atoms with Crippen molar-refractivity contribution in [2.45, 2.75) is 64.5 Å². The molecule has 1 aromatic carbocycles. The molecule has 1 aliphatic rings. The summed E-state index contributed by atoms with van der Waals surface area (Å²) in [6, 6.07) is 7.10. The van der Waals surface area contributed by atoms with Gasteiger partial charge < -0.3 is 16.4 Å². The van der Waals surface area contributed by atoms with E-state index in [9.17, 15) is 9.59 Å². The number of nitrogens with one attached hydrogen (secondary N) is 2. The van der Waals surface area contributed by atoms with E-state index < -0.39 is 0 Å². The van der Waals surface area contributed by atoms with E-state index in [0.717, 1.165) is 25.7 Å². The topological polar surface area (TPSA) is 84.2 Å². The molecule has 1 aromatic rings. The number of carbonyl (C=O) groups excluding carboxylic acids is 2. The van der Waals surface area contributed by atoms with Gasteiger partial charge in [-0.25, -0.2) is 0 Å². The average Bonchev–Trinajstić information content (AvgIpc) is 2.48. The number of anilines is 1. The van der Waals surface area contributed by atoms with E-state index in [-0.39, 0.29) is 29.3 Å². The van der Waals surface area contributed by atoms with E-state index in [0.29, 0.717) is 17.7 Å². The van der Waals surface area contributed by atoms with Crippen molar-refractivity contribution in [1.29, 1.82) is 0 Å². The van der Waals surface area contributed by atoms with Crippen LogP contribution in [-0.4, -0.2) is 23.4 Å². The van der Waals surface area contributed by atoms with Gasteiger partial charge in [-0.05, 0) is 63.8 Å². The van der Waals surface area contributed by atoms with E-state index in [4.69, 9.17) is 5.73 Å². The summed E-state index contributed by atoms with van der Waals surface area (Å²) in [5.41, 5.74) is 7.11. The summed E-state index contributed by atoms with van der Waals surface area (Å²) in [6.07, 6.45) is 4.82. The van der Waals surface area contributed by atoms with Crippen LogP contribution < -0.4 is 16.4 Å². The summed E-state index contributed by atoms with van der Waals surface area (Å²) in [4.78, 5) is 24.3. The van der Waals surface area contributed by atoms with Crippen molar-refractivity contribution in [2.75, 3.05) is 5.32 Å². The molecule has 0 radical (unpaired) electrons. The lowest BCUT2D eigenvalue weighted by atomic mass is 9.83. The summed E-state index contributed by atoms with van der Waals surface area (Å²) in [6.45, 7) is 5.82. The van der Waals surface area contributed by atoms with Crippen LogP contribution in [0.2, 0.25) is 0 Å². The van der Waals surface area contributed by atoms with Gasteiger partial charge in [0.1, 0.15) is 0 Å². The number of amides is 2. The molecule has 0 spiro atoms. The van der Waals surface area contributed by atoms with Crippen LogP contribution in [-0.2, 0) is 4.79 Å². The third-order valence-electron chi connectivity index (χ3n) is 4.33. The number of hydrogen-bond donors (Lipinski definition) is 3. The number of benzene rings is 1. The molecule has 0 aliphatic heterocycles. The van der Waals surface area contributed by atoms with E-state index in [1.165, 1.54) is 0 Å². The molecular formula is C19H29N3O2. The first-order chi connectivity index (χ1) is 11.2. The van der Waals surface area contributed by atoms with Crippen LogP contribution >= 0.6 is 0 Å². The zero-order valence-electron chi connectivity index (χ0n) is 14.9. The van der Waals surface area contributed by atoms with Gasteiger partial charge >= 0.3 is 0 Å².